The Bertz CT molecular complexity index is 725. The highest BCUT2D eigenvalue weighted by atomic mass is 32.1. The molecule has 108 valence electrons. The highest BCUT2D eigenvalue weighted by molar-refractivity contribution is 7.17. The minimum Gasteiger partial charge on any atom is -0.379 e. The molecule has 0 spiro atoms. The van der Waals surface area contributed by atoms with Crippen LogP contribution in [0.3, 0.4) is 0 Å². The quantitative estimate of drug-likeness (QED) is 0.889. The van der Waals surface area contributed by atoms with Crippen molar-refractivity contribution in [3.05, 3.63) is 31.8 Å². The number of morpholine rings is 1. The van der Waals surface area contributed by atoms with Crippen LogP contribution in [0.15, 0.2) is 15.0 Å². The minimum atomic E-state index is -0.322. The predicted molar refractivity (Wildman–Crippen MR) is 78.7 cm³/mol. The Morgan fingerprint density at radius 3 is 2.80 bits per heavy atom. The normalized spacial score (nSPS) is 16.9. The Kier molecular flexibility index (Phi) is 3.73. The molecular formula is C13H17N3O3S. The van der Waals surface area contributed by atoms with E-state index in [0.717, 1.165) is 18.7 Å². The first-order valence-corrected chi connectivity index (χ1v) is 7.56. The summed E-state index contributed by atoms with van der Waals surface area (Å²) in [6.45, 7) is 6.15. The number of hydrogen-bond donors (Lipinski definition) is 1. The second kappa shape index (κ2) is 5.51. The van der Waals surface area contributed by atoms with Crippen LogP contribution < -0.4 is 11.2 Å². The van der Waals surface area contributed by atoms with Crippen molar-refractivity contribution in [1.82, 2.24) is 14.5 Å². The Morgan fingerprint density at radius 2 is 2.05 bits per heavy atom. The number of H-pyrrole nitrogens is 1. The summed E-state index contributed by atoms with van der Waals surface area (Å²) in [5.41, 5.74) is 1.11. The zero-order valence-corrected chi connectivity index (χ0v) is 12.2. The van der Waals surface area contributed by atoms with Crippen molar-refractivity contribution >= 4 is 21.6 Å². The van der Waals surface area contributed by atoms with Crippen molar-refractivity contribution in [3.63, 3.8) is 0 Å². The number of rotatable bonds is 3. The molecule has 0 amide bonds. The number of fused-ring (bicyclic) bond motifs is 1. The highest BCUT2D eigenvalue weighted by Crippen LogP contribution is 2.18. The smallest absolute Gasteiger partial charge is 0.328 e. The van der Waals surface area contributed by atoms with Crippen LogP contribution in [0.2, 0.25) is 0 Å². The van der Waals surface area contributed by atoms with Crippen LogP contribution in [0.25, 0.3) is 10.2 Å². The number of ether oxygens (including phenoxy) is 1. The van der Waals surface area contributed by atoms with Gasteiger partial charge in [-0.25, -0.2) is 4.79 Å². The highest BCUT2D eigenvalue weighted by Gasteiger charge is 2.14. The van der Waals surface area contributed by atoms with Gasteiger partial charge in [-0.3, -0.25) is 14.3 Å². The average Bonchev–Trinajstić information content (AvgIpc) is 2.81. The third kappa shape index (κ3) is 2.44. The summed E-state index contributed by atoms with van der Waals surface area (Å²) in [5.74, 6) is 0. The third-order valence-electron chi connectivity index (χ3n) is 3.63. The van der Waals surface area contributed by atoms with Crippen LogP contribution >= 0.6 is 11.3 Å². The topological polar surface area (TPSA) is 67.3 Å². The molecule has 0 aromatic carbocycles. The molecule has 7 heteroatoms. The fraction of sp³-hybridized carbons (Fsp3) is 0.538. The van der Waals surface area contributed by atoms with Crippen LogP contribution in [0.4, 0.5) is 0 Å². The Hall–Kier alpha value is -1.44. The van der Waals surface area contributed by atoms with E-state index in [4.69, 9.17) is 4.74 Å². The number of aromatic nitrogens is 2. The maximum Gasteiger partial charge on any atom is 0.328 e. The summed E-state index contributed by atoms with van der Waals surface area (Å²) >= 11 is 1.39. The van der Waals surface area contributed by atoms with E-state index in [9.17, 15) is 9.59 Å². The number of thiophene rings is 1. The van der Waals surface area contributed by atoms with Gasteiger partial charge in [0.1, 0.15) is 4.70 Å². The molecule has 20 heavy (non-hydrogen) atoms. The molecule has 3 rings (SSSR count). The van der Waals surface area contributed by atoms with Crippen LogP contribution in [-0.4, -0.2) is 47.3 Å². The summed E-state index contributed by atoms with van der Waals surface area (Å²) in [7, 11) is 0. The maximum absolute atomic E-state index is 12.3. The monoisotopic (exact) mass is 295 g/mol. The number of nitrogens with zero attached hydrogens (tertiary/aromatic N) is 2. The molecule has 0 unspecified atom stereocenters. The zero-order valence-electron chi connectivity index (χ0n) is 11.3. The van der Waals surface area contributed by atoms with E-state index < -0.39 is 0 Å². The van der Waals surface area contributed by atoms with Crippen LogP contribution in [0.5, 0.6) is 0 Å². The fourth-order valence-corrected chi connectivity index (χ4v) is 3.37. The molecule has 0 atom stereocenters. The maximum atomic E-state index is 12.3. The van der Waals surface area contributed by atoms with Crippen molar-refractivity contribution in [1.29, 1.82) is 0 Å². The molecule has 2 aromatic heterocycles. The summed E-state index contributed by atoms with van der Waals surface area (Å²) in [6, 6.07) is 0. The predicted octanol–water partition coefficient (Wildman–Crippen LogP) is 0.392. The Morgan fingerprint density at radius 1 is 1.30 bits per heavy atom. The standard InChI is InChI=1S/C13H17N3O3S/c1-9-8-20-11-10(9)14-13(18)16(12(11)17)3-2-15-4-6-19-7-5-15/h8H,2-7H2,1H3,(H,14,18). The molecule has 0 radical (unpaired) electrons. The van der Waals surface area contributed by atoms with Gasteiger partial charge in [-0.05, 0) is 17.9 Å². The summed E-state index contributed by atoms with van der Waals surface area (Å²) in [4.78, 5) is 29.4. The molecule has 0 aliphatic carbocycles. The number of nitrogens with one attached hydrogen (secondary N) is 1. The molecule has 1 aliphatic heterocycles. The van der Waals surface area contributed by atoms with E-state index in [-0.39, 0.29) is 11.2 Å². The van der Waals surface area contributed by atoms with E-state index >= 15 is 0 Å². The van der Waals surface area contributed by atoms with Gasteiger partial charge < -0.3 is 9.72 Å². The molecular weight excluding hydrogens is 278 g/mol. The molecule has 1 N–H and O–H groups in total. The van der Waals surface area contributed by atoms with Crippen LogP contribution in [0.1, 0.15) is 5.56 Å². The van der Waals surface area contributed by atoms with Crippen molar-refractivity contribution < 1.29 is 4.74 Å². The molecule has 1 fully saturated rings. The van der Waals surface area contributed by atoms with Gasteiger partial charge in [-0.15, -0.1) is 11.3 Å². The SMILES string of the molecule is Cc1csc2c(=O)n(CCN3CCOCC3)c(=O)[nH]c12. The lowest BCUT2D eigenvalue weighted by atomic mass is 10.3. The summed E-state index contributed by atoms with van der Waals surface area (Å²) in [5, 5.41) is 1.90. The molecule has 0 bridgehead atoms. The second-order valence-corrected chi connectivity index (χ2v) is 5.84. The van der Waals surface area contributed by atoms with Crippen LogP contribution in [0, 0.1) is 6.92 Å². The lowest BCUT2D eigenvalue weighted by Gasteiger charge is -2.26. The van der Waals surface area contributed by atoms with E-state index in [1.807, 2.05) is 12.3 Å². The van der Waals surface area contributed by atoms with E-state index in [2.05, 4.69) is 9.88 Å². The summed E-state index contributed by atoms with van der Waals surface area (Å²) < 4.78 is 7.21. The van der Waals surface area contributed by atoms with Crippen molar-refractivity contribution in [3.8, 4) is 0 Å². The zero-order chi connectivity index (χ0) is 14.1. The molecule has 3 heterocycles. The largest absolute Gasteiger partial charge is 0.379 e. The first kappa shape index (κ1) is 13.5. The molecule has 1 saturated heterocycles. The van der Waals surface area contributed by atoms with Gasteiger partial charge >= 0.3 is 5.69 Å². The Balaban J connectivity index is 1.87. The fourth-order valence-electron chi connectivity index (χ4n) is 2.42. The van der Waals surface area contributed by atoms with Gasteiger partial charge in [-0.1, -0.05) is 0 Å². The second-order valence-electron chi connectivity index (χ2n) is 4.96. The van der Waals surface area contributed by atoms with Gasteiger partial charge in [0.25, 0.3) is 5.56 Å². The van der Waals surface area contributed by atoms with E-state index in [0.29, 0.717) is 36.5 Å². The van der Waals surface area contributed by atoms with E-state index in [1.54, 1.807) is 0 Å². The van der Waals surface area contributed by atoms with Gasteiger partial charge in [0.05, 0.1) is 18.7 Å². The van der Waals surface area contributed by atoms with Crippen LogP contribution in [-0.2, 0) is 11.3 Å². The Labute approximate surface area is 119 Å². The van der Waals surface area contributed by atoms with Crippen molar-refractivity contribution in [2.75, 3.05) is 32.8 Å². The number of hydrogen-bond acceptors (Lipinski definition) is 5. The van der Waals surface area contributed by atoms with Crippen molar-refractivity contribution in [2.45, 2.75) is 13.5 Å². The van der Waals surface area contributed by atoms with Gasteiger partial charge in [0.15, 0.2) is 0 Å². The molecule has 2 aromatic rings. The third-order valence-corrected chi connectivity index (χ3v) is 4.72. The molecule has 6 nitrogen and oxygen atoms in total. The first-order valence-electron chi connectivity index (χ1n) is 6.68. The van der Waals surface area contributed by atoms with Crippen molar-refractivity contribution in [2.24, 2.45) is 0 Å². The van der Waals surface area contributed by atoms with E-state index in [1.165, 1.54) is 15.9 Å². The molecule has 1 aliphatic rings. The minimum absolute atomic E-state index is 0.185. The average molecular weight is 295 g/mol. The lowest BCUT2D eigenvalue weighted by Crippen LogP contribution is -2.42. The number of aryl methyl sites for hydroxylation is 1. The van der Waals surface area contributed by atoms with Gasteiger partial charge in [-0.2, -0.15) is 0 Å². The van der Waals surface area contributed by atoms with Gasteiger partial charge in [0, 0.05) is 26.2 Å². The number of aromatic amines is 1. The van der Waals surface area contributed by atoms with Gasteiger partial charge in [0.2, 0.25) is 0 Å². The molecule has 0 saturated carbocycles. The lowest BCUT2D eigenvalue weighted by molar-refractivity contribution is 0.0361. The first-order chi connectivity index (χ1) is 9.66. The summed E-state index contributed by atoms with van der Waals surface area (Å²) in [6.07, 6.45) is 0.